The maximum atomic E-state index is 12.3. The van der Waals surface area contributed by atoms with Crippen LogP contribution in [0.3, 0.4) is 0 Å². The van der Waals surface area contributed by atoms with E-state index in [1.807, 2.05) is 18.5 Å². The number of nitrogens with zero attached hydrogens (tertiary/aromatic N) is 5. The molecule has 1 aliphatic carbocycles. The predicted molar refractivity (Wildman–Crippen MR) is 156 cm³/mol. The fourth-order valence-electron chi connectivity index (χ4n) is 6.14. The first-order valence-electron chi connectivity index (χ1n) is 14.8. The number of hydrogen-bond donors (Lipinski definition) is 1. The lowest BCUT2D eigenvalue weighted by Gasteiger charge is -2.37. The molecule has 1 saturated carbocycles. The lowest BCUT2D eigenvalue weighted by atomic mass is 9.84. The SMILES string of the molecule is O=C(NC1CCC(CCN2CCN(c3cc(-c4cccnc4)cc(N4CCOCC4)n3)CC2)CC1)c1ccco1. The fraction of sp³-hybridized carbons (Fsp3) is 0.516. The highest BCUT2D eigenvalue weighted by Gasteiger charge is 2.25. The molecule has 0 radical (unpaired) electrons. The Labute approximate surface area is 236 Å². The first-order valence-corrected chi connectivity index (χ1v) is 14.8. The number of piperazine rings is 1. The Balaban J connectivity index is 1.00. The quantitative estimate of drug-likeness (QED) is 0.454. The number of furan rings is 1. The van der Waals surface area contributed by atoms with Crippen LogP contribution in [0.2, 0.25) is 0 Å². The molecule has 40 heavy (non-hydrogen) atoms. The molecule has 3 aliphatic rings. The smallest absolute Gasteiger partial charge is 0.287 e. The molecule has 9 nitrogen and oxygen atoms in total. The summed E-state index contributed by atoms with van der Waals surface area (Å²) in [5.41, 5.74) is 2.28. The number of pyridine rings is 2. The van der Waals surface area contributed by atoms with Gasteiger partial charge >= 0.3 is 0 Å². The molecule has 9 heteroatoms. The molecular weight excluding hydrogens is 504 g/mol. The molecule has 1 amide bonds. The number of rotatable bonds is 8. The molecule has 3 aromatic rings. The average Bonchev–Trinajstić information content (AvgIpc) is 3.57. The molecule has 2 saturated heterocycles. The third-order valence-corrected chi connectivity index (χ3v) is 8.61. The molecule has 3 fully saturated rings. The second kappa shape index (κ2) is 12.8. The van der Waals surface area contributed by atoms with E-state index in [-0.39, 0.29) is 11.9 Å². The van der Waals surface area contributed by atoms with Crippen LogP contribution < -0.4 is 15.1 Å². The summed E-state index contributed by atoms with van der Waals surface area (Å²) in [5, 5.41) is 3.14. The number of carbonyl (C=O) groups is 1. The van der Waals surface area contributed by atoms with E-state index >= 15 is 0 Å². The second-order valence-corrected chi connectivity index (χ2v) is 11.2. The highest BCUT2D eigenvalue weighted by atomic mass is 16.5. The van der Waals surface area contributed by atoms with Crippen LogP contribution in [0, 0.1) is 5.92 Å². The van der Waals surface area contributed by atoms with E-state index < -0.39 is 0 Å². The predicted octanol–water partition coefficient (Wildman–Crippen LogP) is 4.07. The molecular formula is C31H40N6O3. The maximum Gasteiger partial charge on any atom is 0.287 e. The number of anilines is 2. The highest BCUT2D eigenvalue weighted by Crippen LogP contribution is 2.30. The largest absolute Gasteiger partial charge is 0.459 e. The van der Waals surface area contributed by atoms with Crippen LogP contribution in [0.25, 0.3) is 11.1 Å². The molecule has 5 heterocycles. The van der Waals surface area contributed by atoms with Crippen molar-refractivity contribution in [3.05, 3.63) is 60.8 Å². The number of ether oxygens (including phenoxy) is 1. The van der Waals surface area contributed by atoms with Crippen LogP contribution in [0.15, 0.2) is 59.5 Å². The Morgan fingerprint density at radius 2 is 1.65 bits per heavy atom. The van der Waals surface area contributed by atoms with Gasteiger partial charge in [-0.3, -0.25) is 14.7 Å². The van der Waals surface area contributed by atoms with Gasteiger partial charge in [0.2, 0.25) is 0 Å². The molecule has 0 spiro atoms. The van der Waals surface area contributed by atoms with E-state index in [9.17, 15) is 4.79 Å². The second-order valence-electron chi connectivity index (χ2n) is 11.2. The number of hydrogen-bond acceptors (Lipinski definition) is 8. The summed E-state index contributed by atoms with van der Waals surface area (Å²) in [4.78, 5) is 29.1. The molecule has 2 aliphatic heterocycles. The van der Waals surface area contributed by atoms with Crippen molar-refractivity contribution in [3.63, 3.8) is 0 Å². The van der Waals surface area contributed by atoms with Gasteiger partial charge in [-0.1, -0.05) is 6.07 Å². The van der Waals surface area contributed by atoms with Crippen LogP contribution in [-0.4, -0.2) is 85.8 Å². The molecule has 212 valence electrons. The molecule has 0 aromatic carbocycles. The van der Waals surface area contributed by atoms with Gasteiger partial charge in [0.25, 0.3) is 5.91 Å². The highest BCUT2D eigenvalue weighted by molar-refractivity contribution is 5.91. The lowest BCUT2D eigenvalue weighted by Crippen LogP contribution is -2.47. The van der Waals surface area contributed by atoms with Crippen LogP contribution in [-0.2, 0) is 4.74 Å². The summed E-state index contributed by atoms with van der Waals surface area (Å²) in [6.07, 6.45) is 11.0. The van der Waals surface area contributed by atoms with E-state index in [0.717, 1.165) is 101 Å². The molecule has 0 atom stereocenters. The van der Waals surface area contributed by atoms with Gasteiger partial charge in [0, 0.05) is 63.3 Å². The molecule has 0 unspecified atom stereocenters. The zero-order chi connectivity index (χ0) is 27.1. The zero-order valence-corrected chi connectivity index (χ0v) is 23.2. The number of amides is 1. The monoisotopic (exact) mass is 544 g/mol. The summed E-state index contributed by atoms with van der Waals surface area (Å²) in [5.74, 6) is 3.13. The fourth-order valence-corrected chi connectivity index (χ4v) is 6.14. The van der Waals surface area contributed by atoms with Crippen LogP contribution >= 0.6 is 0 Å². The zero-order valence-electron chi connectivity index (χ0n) is 23.2. The average molecular weight is 545 g/mol. The van der Waals surface area contributed by atoms with E-state index in [2.05, 4.69) is 43.2 Å². The van der Waals surface area contributed by atoms with Crippen LogP contribution in [0.1, 0.15) is 42.7 Å². The minimum atomic E-state index is -0.0937. The topological polar surface area (TPSA) is 87.0 Å². The molecule has 1 N–H and O–H groups in total. The number of nitrogens with one attached hydrogen (secondary N) is 1. The van der Waals surface area contributed by atoms with Crippen LogP contribution in [0.5, 0.6) is 0 Å². The number of morpholine rings is 1. The summed E-state index contributed by atoms with van der Waals surface area (Å²) in [7, 11) is 0. The first kappa shape index (κ1) is 26.8. The molecule has 3 aromatic heterocycles. The van der Waals surface area contributed by atoms with Gasteiger partial charge < -0.3 is 24.3 Å². The Bertz CT molecular complexity index is 1220. The Hall–Kier alpha value is -3.43. The number of aromatic nitrogens is 2. The minimum absolute atomic E-state index is 0.0937. The van der Waals surface area contributed by atoms with Gasteiger partial charge in [0.1, 0.15) is 11.6 Å². The molecule has 0 bridgehead atoms. The van der Waals surface area contributed by atoms with Gasteiger partial charge in [0.05, 0.1) is 19.5 Å². The standard InChI is InChI=1S/C31H40N6O3/c38-31(28-4-2-18-40-28)33-27-7-5-24(6-8-27)9-11-35-12-14-36(15-13-35)29-21-26(25-3-1-10-32-23-25)22-30(34-29)37-16-19-39-20-17-37/h1-4,10,18,21-24,27H,5-9,11-17,19-20H2,(H,33,38). The van der Waals surface area contributed by atoms with E-state index in [4.69, 9.17) is 14.1 Å². The Kier molecular flexibility index (Phi) is 8.59. The third kappa shape index (κ3) is 6.64. The van der Waals surface area contributed by atoms with Crippen molar-refractivity contribution < 1.29 is 13.9 Å². The van der Waals surface area contributed by atoms with Crippen molar-refractivity contribution in [2.45, 2.75) is 38.1 Å². The maximum absolute atomic E-state index is 12.3. The van der Waals surface area contributed by atoms with Gasteiger partial charge in [-0.15, -0.1) is 0 Å². The number of carbonyl (C=O) groups excluding carboxylic acids is 1. The van der Waals surface area contributed by atoms with Gasteiger partial charge in [0.15, 0.2) is 5.76 Å². The normalized spacial score (nSPS) is 22.3. The van der Waals surface area contributed by atoms with Crippen molar-refractivity contribution in [1.82, 2.24) is 20.2 Å². The minimum Gasteiger partial charge on any atom is -0.459 e. The lowest BCUT2D eigenvalue weighted by molar-refractivity contribution is 0.0891. The van der Waals surface area contributed by atoms with Gasteiger partial charge in [-0.05, 0) is 80.5 Å². The Morgan fingerprint density at radius 1 is 0.900 bits per heavy atom. The van der Waals surface area contributed by atoms with Crippen molar-refractivity contribution >= 4 is 17.5 Å². The van der Waals surface area contributed by atoms with Crippen LogP contribution in [0.4, 0.5) is 11.6 Å². The van der Waals surface area contributed by atoms with Crippen molar-refractivity contribution in [2.75, 3.05) is 68.8 Å². The van der Waals surface area contributed by atoms with Gasteiger partial charge in [-0.25, -0.2) is 4.98 Å². The van der Waals surface area contributed by atoms with Crippen molar-refractivity contribution in [2.24, 2.45) is 5.92 Å². The first-order chi connectivity index (χ1) is 19.7. The van der Waals surface area contributed by atoms with Crippen molar-refractivity contribution in [1.29, 1.82) is 0 Å². The summed E-state index contributed by atoms with van der Waals surface area (Å²) >= 11 is 0. The summed E-state index contributed by atoms with van der Waals surface area (Å²) in [6.45, 7) is 8.45. The third-order valence-electron chi connectivity index (χ3n) is 8.61. The van der Waals surface area contributed by atoms with Gasteiger partial charge in [-0.2, -0.15) is 0 Å². The van der Waals surface area contributed by atoms with E-state index in [1.54, 1.807) is 18.4 Å². The van der Waals surface area contributed by atoms with E-state index in [1.165, 1.54) is 19.3 Å². The van der Waals surface area contributed by atoms with E-state index in [0.29, 0.717) is 5.76 Å². The van der Waals surface area contributed by atoms with Crippen molar-refractivity contribution in [3.8, 4) is 11.1 Å². The molecule has 6 rings (SSSR count). The summed E-state index contributed by atoms with van der Waals surface area (Å²) < 4.78 is 10.8. The Morgan fingerprint density at radius 3 is 2.33 bits per heavy atom. The summed E-state index contributed by atoms with van der Waals surface area (Å²) in [6, 6.07) is 12.3.